The van der Waals surface area contributed by atoms with Gasteiger partial charge in [0.15, 0.2) is 0 Å². The molecule has 0 spiro atoms. The molecule has 0 unspecified atom stereocenters. The van der Waals surface area contributed by atoms with E-state index in [1.807, 2.05) is 0 Å². The van der Waals surface area contributed by atoms with Gasteiger partial charge in [0, 0.05) is 12.6 Å². The second-order valence-electron chi connectivity index (χ2n) is 3.94. The summed E-state index contributed by atoms with van der Waals surface area (Å²) in [5, 5.41) is 0. The molecule has 5 nitrogen and oxygen atoms in total. The van der Waals surface area contributed by atoms with Crippen molar-refractivity contribution in [1.29, 1.82) is 0 Å². The van der Waals surface area contributed by atoms with E-state index >= 15 is 0 Å². The van der Waals surface area contributed by atoms with Crippen LogP contribution in [0.4, 0.5) is 5.95 Å². The van der Waals surface area contributed by atoms with E-state index in [9.17, 15) is 0 Å². The van der Waals surface area contributed by atoms with Gasteiger partial charge in [0.2, 0.25) is 11.8 Å². The fraction of sp³-hybridized carbons (Fsp3) is 0.600. The Labute approximate surface area is 103 Å². The van der Waals surface area contributed by atoms with Gasteiger partial charge >= 0.3 is 0 Å². The van der Waals surface area contributed by atoms with Crippen LogP contribution < -0.4 is 10.5 Å². The number of ether oxygens (including phenoxy) is 1. The molecule has 0 atom stereocenters. The average Bonchev–Trinajstić information content (AvgIpc) is 3.06. The lowest BCUT2D eigenvalue weighted by Crippen LogP contribution is -2.26. The summed E-state index contributed by atoms with van der Waals surface area (Å²) in [6.45, 7) is 1.52. The highest BCUT2D eigenvalue weighted by Crippen LogP contribution is 2.25. The number of nitrogens with zero attached hydrogens (tertiary/aromatic N) is 3. The fourth-order valence-electron chi connectivity index (χ4n) is 1.45. The van der Waals surface area contributed by atoms with E-state index in [2.05, 4.69) is 37.8 Å². The second-order valence-corrected chi connectivity index (χ2v) is 4.80. The first kappa shape index (κ1) is 11.6. The van der Waals surface area contributed by atoms with E-state index in [1.54, 1.807) is 6.20 Å². The summed E-state index contributed by atoms with van der Waals surface area (Å²) in [4.78, 5) is 10.2. The molecular formula is C10H15BrN4O. The van der Waals surface area contributed by atoms with Gasteiger partial charge in [-0.1, -0.05) is 0 Å². The predicted molar refractivity (Wildman–Crippen MR) is 65.3 cm³/mol. The average molecular weight is 287 g/mol. The van der Waals surface area contributed by atoms with Crippen molar-refractivity contribution in [1.82, 2.24) is 14.9 Å². The number of aromatic nitrogens is 2. The third-order valence-electron chi connectivity index (χ3n) is 2.58. The van der Waals surface area contributed by atoms with Crippen LogP contribution in [0.5, 0.6) is 5.88 Å². The fourth-order valence-corrected chi connectivity index (χ4v) is 1.76. The van der Waals surface area contributed by atoms with Crippen LogP contribution in [0.2, 0.25) is 0 Å². The van der Waals surface area contributed by atoms with Crippen LogP contribution in [0.25, 0.3) is 0 Å². The molecule has 2 rings (SSSR count). The Bertz CT molecular complexity index is 370. The van der Waals surface area contributed by atoms with Crippen molar-refractivity contribution in [2.75, 3.05) is 25.9 Å². The lowest BCUT2D eigenvalue weighted by atomic mass is 10.5. The maximum Gasteiger partial charge on any atom is 0.232 e. The second kappa shape index (κ2) is 4.97. The molecule has 0 saturated heterocycles. The summed E-state index contributed by atoms with van der Waals surface area (Å²) in [5.41, 5.74) is 5.48. The van der Waals surface area contributed by atoms with E-state index in [-0.39, 0.29) is 5.95 Å². The monoisotopic (exact) mass is 286 g/mol. The number of anilines is 1. The molecule has 0 aromatic carbocycles. The number of hydrogen-bond donors (Lipinski definition) is 1. The van der Waals surface area contributed by atoms with Crippen molar-refractivity contribution < 1.29 is 4.74 Å². The number of rotatable bonds is 5. The van der Waals surface area contributed by atoms with Gasteiger partial charge in [0.1, 0.15) is 6.61 Å². The van der Waals surface area contributed by atoms with Gasteiger partial charge in [-0.25, -0.2) is 4.98 Å². The van der Waals surface area contributed by atoms with E-state index < -0.39 is 0 Å². The number of likely N-dealkylation sites (N-methyl/N-ethyl adjacent to an activating group) is 1. The van der Waals surface area contributed by atoms with Gasteiger partial charge < -0.3 is 15.4 Å². The smallest absolute Gasteiger partial charge is 0.232 e. The highest BCUT2D eigenvalue weighted by atomic mass is 79.9. The van der Waals surface area contributed by atoms with Crippen LogP contribution in [-0.2, 0) is 0 Å². The van der Waals surface area contributed by atoms with E-state index in [1.165, 1.54) is 12.8 Å². The molecule has 1 aliphatic rings. The van der Waals surface area contributed by atoms with E-state index in [0.717, 1.165) is 17.1 Å². The van der Waals surface area contributed by atoms with E-state index in [0.29, 0.717) is 12.5 Å². The highest BCUT2D eigenvalue weighted by molar-refractivity contribution is 9.10. The Balaban J connectivity index is 1.81. The lowest BCUT2D eigenvalue weighted by Gasteiger charge is -2.15. The van der Waals surface area contributed by atoms with Gasteiger partial charge in [-0.2, -0.15) is 4.98 Å². The van der Waals surface area contributed by atoms with Crippen molar-refractivity contribution in [2.24, 2.45) is 0 Å². The summed E-state index contributed by atoms with van der Waals surface area (Å²) in [7, 11) is 2.12. The maximum absolute atomic E-state index is 5.55. The predicted octanol–water partition coefficient (Wildman–Crippen LogP) is 1.29. The molecule has 2 N–H and O–H groups in total. The van der Waals surface area contributed by atoms with E-state index in [4.69, 9.17) is 10.5 Å². The molecule has 1 aromatic rings. The van der Waals surface area contributed by atoms with Crippen molar-refractivity contribution in [2.45, 2.75) is 18.9 Å². The molecule has 1 saturated carbocycles. The van der Waals surface area contributed by atoms with Gasteiger partial charge in [0.05, 0.1) is 10.7 Å². The van der Waals surface area contributed by atoms with Gasteiger partial charge in [0.25, 0.3) is 0 Å². The molecule has 6 heteroatoms. The van der Waals surface area contributed by atoms with Crippen molar-refractivity contribution in [3.05, 3.63) is 10.7 Å². The summed E-state index contributed by atoms with van der Waals surface area (Å²) in [6.07, 6.45) is 4.21. The maximum atomic E-state index is 5.55. The zero-order chi connectivity index (χ0) is 11.5. The molecule has 0 amide bonds. The first-order valence-electron chi connectivity index (χ1n) is 5.28. The zero-order valence-corrected chi connectivity index (χ0v) is 10.8. The van der Waals surface area contributed by atoms with Crippen molar-refractivity contribution in [3.63, 3.8) is 0 Å². The highest BCUT2D eigenvalue weighted by Gasteiger charge is 2.25. The first-order valence-corrected chi connectivity index (χ1v) is 6.07. The summed E-state index contributed by atoms with van der Waals surface area (Å²) >= 11 is 3.32. The molecule has 1 aromatic heterocycles. The van der Waals surface area contributed by atoms with Gasteiger partial charge in [-0.15, -0.1) is 0 Å². The lowest BCUT2D eigenvalue weighted by molar-refractivity contribution is 0.225. The Morgan fingerprint density at radius 2 is 2.38 bits per heavy atom. The van der Waals surface area contributed by atoms with Crippen LogP contribution in [-0.4, -0.2) is 41.1 Å². The number of hydrogen-bond acceptors (Lipinski definition) is 5. The molecule has 0 aliphatic heterocycles. The molecule has 1 fully saturated rings. The molecule has 1 heterocycles. The van der Waals surface area contributed by atoms with Gasteiger partial charge in [-0.3, -0.25) is 0 Å². The molecular weight excluding hydrogens is 272 g/mol. The van der Waals surface area contributed by atoms with Crippen LogP contribution >= 0.6 is 15.9 Å². The summed E-state index contributed by atoms with van der Waals surface area (Å²) < 4.78 is 6.28. The quantitative estimate of drug-likeness (QED) is 0.884. The van der Waals surface area contributed by atoms with Crippen molar-refractivity contribution in [3.8, 4) is 5.88 Å². The van der Waals surface area contributed by atoms with Gasteiger partial charge in [-0.05, 0) is 35.8 Å². The third kappa shape index (κ3) is 3.05. The number of nitrogens with two attached hydrogens (primary N) is 1. The van der Waals surface area contributed by atoms with Crippen LogP contribution in [0.15, 0.2) is 10.7 Å². The number of halogens is 1. The minimum Gasteiger partial charge on any atom is -0.475 e. The minimum absolute atomic E-state index is 0.230. The third-order valence-corrected chi connectivity index (χ3v) is 3.13. The largest absolute Gasteiger partial charge is 0.475 e. The van der Waals surface area contributed by atoms with Crippen LogP contribution in [0, 0.1) is 0 Å². The summed E-state index contributed by atoms with van der Waals surface area (Å²) in [6, 6.07) is 0.752. The SMILES string of the molecule is CN(CCOc1nc(N)ncc1Br)C1CC1. The Morgan fingerprint density at radius 3 is 3.06 bits per heavy atom. The molecule has 0 radical (unpaired) electrons. The zero-order valence-electron chi connectivity index (χ0n) is 9.19. The van der Waals surface area contributed by atoms with Crippen LogP contribution in [0.3, 0.4) is 0 Å². The Kier molecular flexibility index (Phi) is 3.60. The summed E-state index contributed by atoms with van der Waals surface area (Å²) in [5.74, 6) is 0.741. The topological polar surface area (TPSA) is 64.3 Å². The van der Waals surface area contributed by atoms with Crippen molar-refractivity contribution >= 4 is 21.9 Å². The molecule has 0 bridgehead atoms. The standard InChI is InChI=1S/C10H15BrN4O/c1-15(7-2-3-7)4-5-16-9-8(11)6-13-10(12)14-9/h6-7H,2-5H2,1H3,(H2,12,13,14). The Hall–Kier alpha value is -0.880. The molecule has 88 valence electrons. The minimum atomic E-state index is 0.230. The van der Waals surface area contributed by atoms with Crippen LogP contribution in [0.1, 0.15) is 12.8 Å². The molecule has 1 aliphatic carbocycles. The first-order chi connectivity index (χ1) is 7.66. The normalized spacial score (nSPS) is 15.4. The number of nitrogen functional groups attached to an aromatic ring is 1. The Morgan fingerprint density at radius 1 is 1.62 bits per heavy atom. The molecule has 16 heavy (non-hydrogen) atoms.